The van der Waals surface area contributed by atoms with Gasteiger partial charge in [0.1, 0.15) is 0 Å². The van der Waals surface area contributed by atoms with Crippen molar-refractivity contribution in [2.45, 2.75) is 48.0 Å². The molecule has 0 radical (unpaired) electrons. The average molecular weight is 179 g/mol. The van der Waals surface area contributed by atoms with Crippen LogP contribution in [0.5, 0.6) is 0 Å². The Hall–Kier alpha value is -0.850. The van der Waals surface area contributed by atoms with Crippen molar-refractivity contribution in [1.29, 1.82) is 0 Å². The molecule has 0 atom stereocenters. The smallest absolute Gasteiger partial charge is 0.0407 e. The molecule has 0 amide bonds. The molecule has 1 aromatic heterocycles. The molecule has 0 bridgehead atoms. The van der Waals surface area contributed by atoms with Gasteiger partial charge in [-0.05, 0) is 44.4 Å². The minimum absolute atomic E-state index is 1.03. The highest BCUT2D eigenvalue weighted by Gasteiger charge is 1.99. The number of hydrogen-bond donors (Lipinski definition) is 0. The van der Waals surface area contributed by atoms with Crippen molar-refractivity contribution in [1.82, 2.24) is 4.98 Å². The van der Waals surface area contributed by atoms with E-state index in [4.69, 9.17) is 0 Å². The molecule has 0 aromatic carbocycles. The van der Waals surface area contributed by atoms with Crippen LogP contribution in [-0.2, 0) is 6.42 Å². The molecule has 1 rings (SSSR count). The first-order valence-corrected chi connectivity index (χ1v) is 5.09. The third kappa shape index (κ3) is 3.17. The quantitative estimate of drug-likeness (QED) is 0.642. The highest BCUT2D eigenvalue weighted by molar-refractivity contribution is 5.29. The molecule has 0 N–H and O–H groups in total. The lowest BCUT2D eigenvalue weighted by atomic mass is 10.1. The Morgan fingerprint density at radius 1 is 1.15 bits per heavy atom. The summed E-state index contributed by atoms with van der Waals surface area (Å²) in [7, 11) is 0. The van der Waals surface area contributed by atoms with Crippen molar-refractivity contribution in [3.63, 3.8) is 0 Å². The Labute approximate surface area is 82.2 Å². The van der Waals surface area contributed by atoms with Crippen LogP contribution < -0.4 is 0 Å². The van der Waals surface area contributed by atoms with E-state index in [1.165, 1.54) is 22.5 Å². The van der Waals surface area contributed by atoms with Gasteiger partial charge in [0.2, 0.25) is 0 Å². The van der Waals surface area contributed by atoms with Gasteiger partial charge >= 0.3 is 0 Å². The van der Waals surface area contributed by atoms with Gasteiger partial charge in [-0.1, -0.05) is 20.8 Å². The molecule has 0 saturated heterocycles. The molecule has 1 heteroatoms. The molecule has 1 heterocycles. The molecule has 1 aromatic rings. The molecule has 0 fully saturated rings. The van der Waals surface area contributed by atoms with E-state index in [9.17, 15) is 0 Å². The van der Waals surface area contributed by atoms with Crippen LogP contribution in [0.15, 0.2) is 6.07 Å². The second kappa shape index (κ2) is 5.74. The second-order valence-corrected chi connectivity index (χ2v) is 2.99. The number of pyridine rings is 1. The summed E-state index contributed by atoms with van der Waals surface area (Å²) in [5, 5.41) is 0. The van der Waals surface area contributed by atoms with Crippen molar-refractivity contribution < 1.29 is 0 Å². The lowest BCUT2D eigenvalue weighted by Gasteiger charge is -2.05. The Morgan fingerprint density at radius 3 is 2.08 bits per heavy atom. The van der Waals surface area contributed by atoms with E-state index in [-0.39, 0.29) is 0 Å². The normalized spacial score (nSPS) is 9.08. The second-order valence-electron chi connectivity index (χ2n) is 2.99. The number of hydrogen-bond acceptors (Lipinski definition) is 1. The van der Waals surface area contributed by atoms with Crippen molar-refractivity contribution in [2.24, 2.45) is 0 Å². The Morgan fingerprint density at radius 2 is 1.69 bits per heavy atom. The minimum atomic E-state index is 1.03. The van der Waals surface area contributed by atoms with E-state index < -0.39 is 0 Å². The standard InChI is InChI=1S/C10H15N.C2H6/c1-5-10-6-7(2)8(3)9(4)11-10;1-2/h6H,5H2,1-4H3;1-2H3. The van der Waals surface area contributed by atoms with Crippen molar-refractivity contribution >= 4 is 0 Å². The van der Waals surface area contributed by atoms with Gasteiger partial charge < -0.3 is 0 Å². The lowest BCUT2D eigenvalue weighted by Crippen LogP contribution is -1.95. The number of nitrogens with zero attached hydrogens (tertiary/aromatic N) is 1. The van der Waals surface area contributed by atoms with Crippen LogP contribution in [0.4, 0.5) is 0 Å². The summed E-state index contributed by atoms with van der Waals surface area (Å²) in [6, 6.07) is 2.17. The van der Waals surface area contributed by atoms with E-state index in [1.54, 1.807) is 0 Å². The Balaban J connectivity index is 0.000000671. The average Bonchev–Trinajstić information content (AvgIpc) is 2.16. The summed E-state index contributed by atoms with van der Waals surface area (Å²) in [5.74, 6) is 0. The van der Waals surface area contributed by atoms with E-state index in [0.29, 0.717) is 0 Å². The maximum absolute atomic E-state index is 4.45. The topological polar surface area (TPSA) is 12.9 Å². The third-order valence-electron chi connectivity index (χ3n) is 2.19. The van der Waals surface area contributed by atoms with Gasteiger partial charge in [-0.2, -0.15) is 0 Å². The number of aromatic nitrogens is 1. The van der Waals surface area contributed by atoms with Crippen LogP contribution >= 0.6 is 0 Å². The summed E-state index contributed by atoms with van der Waals surface area (Å²) < 4.78 is 0. The molecule has 74 valence electrons. The summed E-state index contributed by atoms with van der Waals surface area (Å²) in [5.41, 5.74) is 5.05. The molecule has 0 spiro atoms. The van der Waals surface area contributed by atoms with E-state index in [0.717, 1.165) is 6.42 Å². The fourth-order valence-corrected chi connectivity index (χ4v) is 1.16. The van der Waals surface area contributed by atoms with Gasteiger partial charge in [0.15, 0.2) is 0 Å². The van der Waals surface area contributed by atoms with Gasteiger partial charge in [0, 0.05) is 11.4 Å². The van der Waals surface area contributed by atoms with Crippen LogP contribution in [0.2, 0.25) is 0 Å². The first kappa shape index (κ1) is 12.2. The predicted octanol–water partition coefficient (Wildman–Crippen LogP) is 3.60. The van der Waals surface area contributed by atoms with Crippen LogP contribution in [0.1, 0.15) is 43.3 Å². The van der Waals surface area contributed by atoms with E-state index in [1.807, 2.05) is 13.8 Å². The predicted molar refractivity (Wildman–Crippen MR) is 59.2 cm³/mol. The Bertz CT molecular complexity index is 241. The Kier molecular flexibility index (Phi) is 5.36. The lowest BCUT2D eigenvalue weighted by molar-refractivity contribution is 0.980. The highest BCUT2D eigenvalue weighted by atomic mass is 14.7. The zero-order valence-corrected chi connectivity index (χ0v) is 9.73. The van der Waals surface area contributed by atoms with E-state index >= 15 is 0 Å². The zero-order valence-electron chi connectivity index (χ0n) is 9.73. The molecule has 0 unspecified atom stereocenters. The van der Waals surface area contributed by atoms with Gasteiger partial charge in [-0.3, -0.25) is 4.98 Å². The molecule has 0 saturated carbocycles. The summed E-state index contributed by atoms with van der Waals surface area (Å²) in [4.78, 5) is 4.45. The van der Waals surface area contributed by atoms with Gasteiger partial charge in [0.25, 0.3) is 0 Å². The van der Waals surface area contributed by atoms with Gasteiger partial charge in [0.05, 0.1) is 0 Å². The summed E-state index contributed by atoms with van der Waals surface area (Å²) in [6.07, 6.45) is 1.03. The molecule has 0 aliphatic carbocycles. The first-order valence-electron chi connectivity index (χ1n) is 5.09. The van der Waals surface area contributed by atoms with Crippen LogP contribution in [0.3, 0.4) is 0 Å². The molecular formula is C12H21N. The maximum atomic E-state index is 4.45. The molecule has 0 aliphatic rings. The van der Waals surface area contributed by atoms with Crippen molar-refractivity contribution in [3.8, 4) is 0 Å². The monoisotopic (exact) mass is 179 g/mol. The summed E-state index contributed by atoms with van der Waals surface area (Å²) in [6.45, 7) is 12.5. The third-order valence-corrected chi connectivity index (χ3v) is 2.19. The zero-order chi connectivity index (χ0) is 10.4. The number of aryl methyl sites for hydroxylation is 3. The SMILES string of the molecule is CC.CCc1cc(C)c(C)c(C)n1. The summed E-state index contributed by atoms with van der Waals surface area (Å²) >= 11 is 0. The first-order chi connectivity index (χ1) is 6.15. The molecular weight excluding hydrogens is 158 g/mol. The number of rotatable bonds is 1. The van der Waals surface area contributed by atoms with Crippen molar-refractivity contribution in [3.05, 3.63) is 28.6 Å². The maximum Gasteiger partial charge on any atom is 0.0407 e. The highest BCUT2D eigenvalue weighted by Crippen LogP contribution is 2.11. The van der Waals surface area contributed by atoms with Gasteiger partial charge in [-0.25, -0.2) is 0 Å². The van der Waals surface area contributed by atoms with E-state index in [2.05, 4.69) is 38.7 Å². The van der Waals surface area contributed by atoms with Crippen LogP contribution in [0.25, 0.3) is 0 Å². The molecule has 1 nitrogen and oxygen atoms in total. The van der Waals surface area contributed by atoms with Crippen LogP contribution in [0, 0.1) is 20.8 Å². The largest absolute Gasteiger partial charge is 0.258 e. The molecule has 0 aliphatic heterocycles. The fraction of sp³-hybridized carbons (Fsp3) is 0.583. The molecule has 13 heavy (non-hydrogen) atoms. The van der Waals surface area contributed by atoms with Gasteiger partial charge in [-0.15, -0.1) is 0 Å². The minimum Gasteiger partial charge on any atom is -0.258 e. The van der Waals surface area contributed by atoms with Crippen molar-refractivity contribution in [2.75, 3.05) is 0 Å². The fourth-order valence-electron chi connectivity index (χ4n) is 1.16. The van der Waals surface area contributed by atoms with Crippen LogP contribution in [-0.4, -0.2) is 4.98 Å².